The van der Waals surface area contributed by atoms with Crippen molar-refractivity contribution in [1.82, 2.24) is 0 Å². The standard InChI is InChI=1S/C33H32Si/c1-25-11-7-17-30(21-25)34(31-18-8-12-26(2)22-31,32-19-9-13-27(3)23-32)33-20-10-16-29(33)24-28-14-5-4-6-15-28/h4-23,33H,24H2,1-3H3. The van der Waals surface area contributed by atoms with E-state index in [1.807, 2.05) is 0 Å². The summed E-state index contributed by atoms with van der Waals surface area (Å²) in [5.41, 5.74) is 7.23. The Labute approximate surface area is 205 Å². The molecule has 5 rings (SSSR count). The summed E-state index contributed by atoms with van der Waals surface area (Å²) in [6.45, 7) is 6.67. The van der Waals surface area contributed by atoms with Crippen LogP contribution in [-0.4, -0.2) is 8.07 Å². The van der Waals surface area contributed by atoms with Gasteiger partial charge in [-0.2, -0.15) is 0 Å². The van der Waals surface area contributed by atoms with Crippen LogP contribution in [0.15, 0.2) is 127 Å². The Kier molecular flexibility index (Phi) is 6.21. The molecule has 0 spiro atoms. The van der Waals surface area contributed by atoms with Gasteiger partial charge < -0.3 is 0 Å². The van der Waals surface area contributed by atoms with Crippen molar-refractivity contribution in [3.8, 4) is 0 Å². The number of allylic oxidation sites excluding steroid dienone is 4. The van der Waals surface area contributed by atoms with E-state index >= 15 is 0 Å². The molecule has 0 fully saturated rings. The van der Waals surface area contributed by atoms with E-state index in [1.54, 1.807) is 0 Å². The van der Waals surface area contributed by atoms with Crippen LogP contribution >= 0.6 is 0 Å². The van der Waals surface area contributed by atoms with E-state index in [2.05, 4.69) is 142 Å². The van der Waals surface area contributed by atoms with Gasteiger partial charge >= 0.3 is 0 Å². The van der Waals surface area contributed by atoms with Crippen LogP contribution in [0.3, 0.4) is 0 Å². The van der Waals surface area contributed by atoms with Crippen LogP contribution in [0.5, 0.6) is 0 Å². The summed E-state index contributed by atoms with van der Waals surface area (Å²) in [6, 6.07) is 38.8. The molecule has 0 radical (unpaired) electrons. The summed E-state index contributed by atoms with van der Waals surface area (Å²) in [4.78, 5) is 0. The van der Waals surface area contributed by atoms with E-state index < -0.39 is 8.07 Å². The molecule has 1 heteroatoms. The summed E-state index contributed by atoms with van der Waals surface area (Å²) in [5.74, 6) is 0. The molecule has 168 valence electrons. The van der Waals surface area contributed by atoms with Crippen molar-refractivity contribution in [2.45, 2.75) is 32.7 Å². The van der Waals surface area contributed by atoms with Gasteiger partial charge in [-0.3, -0.25) is 0 Å². The van der Waals surface area contributed by atoms with E-state index in [-0.39, 0.29) is 0 Å². The van der Waals surface area contributed by atoms with Gasteiger partial charge in [0.05, 0.1) is 0 Å². The average Bonchev–Trinajstić information content (AvgIpc) is 3.29. The lowest BCUT2D eigenvalue weighted by atomic mass is 10.0. The Hall–Kier alpha value is -3.42. The number of hydrogen-bond acceptors (Lipinski definition) is 0. The molecule has 0 aromatic heterocycles. The van der Waals surface area contributed by atoms with Crippen LogP contribution < -0.4 is 15.6 Å². The number of hydrogen-bond donors (Lipinski definition) is 0. The highest BCUT2D eigenvalue weighted by atomic mass is 28.3. The van der Waals surface area contributed by atoms with Crippen LogP contribution in [0, 0.1) is 20.8 Å². The van der Waals surface area contributed by atoms with Gasteiger partial charge in [-0.1, -0.05) is 144 Å². The van der Waals surface area contributed by atoms with Gasteiger partial charge in [0.2, 0.25) is 0 Å². The van der Waals surface area contributed by atoms with Gasteiger partial charge in [0.1, 0.15) is 0 Å². The van der Waals surface area contributed by atoms with Crippen LogP contribution in [0.4, 0.5) is 0 Å². The normalized spacial score (nSPS) is 15.4. The topological polar surface area (TPSA) is 0 Å². The summed E-state index contributed by atoms with van der Waals surface area (Å²) >= 11 is 0. The Morgan fingerprint density at radius 2 is 1.09 bits per heavy atom. The first-order valence-corrected chi connectivity index (χ1v) is 14.3. The lowest BCUT2D eigenvalue weighted by molar-refractivity contribution is 1.06. The maximum atomic E-state index is 2.48. The van der Waals surface area contributed by atoms with Gasteiger partial charge in [0.15, 0.2) is 8.07 Å². The third kappa shape index (κ3) is 4.13. The zero-order valence-corrected chi connectivity index (χ0v) is 21.3. The van der Waals surface area contributed by atoms with Crippen molar-refractivity contribution in [3.05, 3.63) is 149 Å². The molecule has 0 amide bonds. The Bertz CT molecular complexity index is 1250. The molecule has 34 heavy (non-hydrogen) atoms. The highest BCUT2D eigenvalue weighted by molar-refractivity contribution is 7.13. The Morgan fingerprint density at radius 3 is 1.56 bits per heavy atom. The van der Waals surface area contributed by atoms with Crippen molar-refractivity contribution in [2.24, 2.45) is 0 Å². The quantitative estimate of drug-likeness (QED) is 0.240. The van der Waals surface area contributed by atoms with E-state index in [0.717, 1.165) is 6.42 Å². The number of benzene rings is 4. The van der Waals surface area contributed by atoms with Gasteiger partial charge in [-0.25, -0.2) is 0 Å². The van der Waals surface area contributed by atoms with E-state index in [1.165, 1.54) is 43.4 Å². The fourth-order valence-corrected chi connectivity index (χ4v) is 11.3. The molecule has 1 aliphatic rings. The van der Waals surface area contributed by atoms with Crippen molar-refractivity contribution in [2.75, 3.05) is 0 Å². The zero-order chi connectivity index (χ0) is 23.5. The van der Waals surface area contributed by atoms with Gasteiger partial charge in [-0.05, 0) is 48.3 Å². The first-order chi connectivity index (χ1) is 16.6. The first kappa shape index (κ1) is 22.4. The smallest absolute Gasteiger partial charge is 0.0790 e. The van der Waals surface area contributed by atoms with Crippen LogP contribution in [0.2, 0.25) is 5.54 Å². The molecule has 1 unspecified atom stereocenters. The predicted molar refractivity (Wildman–Crippen MR) is 149 cm³/mol. The molecule has 4 aromatic rings. The van der Waals surface area contributed by atoms with E-state index in [9.17, 15) is 0 Å². The van der Waals surface area contributed by atoms with Crippen molar-refractivity contribution >= 4 is 23.6 Å². The maximum absolute atomic E-state index is 2.48. The molecule has 0 N–H and O–H groups in total. The molecule has 4 aromatic carbocycles. The van der Waals surface area contributed by atoms with Gasteiger partial charge in [-0.15, -0.1) is 0 Å². The fraction of sp³-hybridized carbons (Fsp3) is 0.152. The van der Waals surface area contributed by atoms with E-state index in [0.29, 0.717) is 5.54 Å². The highest BCUT2D eigenvalue weighted by Crippen LogP contribution is 2.37. The fourth-order valence-electron chi connectivity index (χ4n) is 5.65. The average molecular weight is 457 g/mol. The molecule has 0 bridgehead atoms. The molecule has 1 atom stereocenters. The summed E-state index contributed by atoms with van der Waals surface area (Å²) in [6.07, 6.45) is 8.14. The summed E-state index contributed by atoms with van der Waals surface area (Å²) < 4.78 is 0. The summed E-state index contributed by atoms with van der Waals surface area (Å²) in [5, 5.41) is 4.46. The van der Waals surface area contributed by atoms with Crippen LogP contribution in [0.1, 0.15) is 22.3 Å². The summed E-state index contributed by atoms with van der Waals surface area (Å²) in [7, 11) is -2.46. The van der Waals surface area contributed by atoms with Gasteiger partial charge in [0.25, 0.3) is 0 Å². The zero-order valence-electron chi connectivity index (χ0n) is 20.3. The second-order valence-corrected chi connectivity index (χ2v) is 13.7. The monoisotopic (exact) mass is 456 g/mol. The second kappa shape index (κ2) is 9.44. The maximum Gasteiger partial charge on any atom is 0.159 e. The van der Waals surface area contributed by atoms with Crippen LogP contribution in [0.25, 0.3) is 0 Å². The van der Waals surface area contributed by atoms with Crippen molar-refractivity contribution < 1.29 is 0 Å². The van der Waals surface area contributed by atoms with E-state index in [4.69, 9.17) is 0 Å². The minimum Gasteiger partial charge on any atom is -0.0790 e. The first-order valence-electron chi connectivity index (χ1n) is 12.2. The third-order valence-corrected chi connectivity index (χ3v) is 12.3. The minimum absolute atomic E-state index is 0.359. The Morgan fingerprint density at radius 1 is 0.588 bits per heavy atom. The molecular formula is C33H32Si. The molecule has 0 nitrogen and oxygen atoms in total. The molecule has 0 aliphatic heterocycles. The second-order valence-electron chi connectivity index (χ2n) is 9.68. The number of rotatable bonds is 6. The van der Waals surface area contributed by atoms with Crippen molar-refractivity contribution in [1.29, 1.82) is 0 Å². The predicted octanol–water partition coefficient (Wildman–Crippen LogP) is 6.19. The Balaban J connectivity index is 1.80. The molecular weight excluding hydrogens is 424 g/mol. The third-order valence-electron chi connectivity index (χ3n) is 7.15. The van der Waals surface area contributed by atoms with Crippen LogP contribution in [-0.2, 0) is 6.42 Å². The minimum atomic E-state index is -2.46. The SMILES string of the molecule is Cc1cccc([Si](c2cccc(C)c2)(c2cccc(C)c2)C2C=CC=C2Cc2ccccc2)c1. The molecule has 0 heterocycles. The van der Waals surface area contributed by atoms with Crippen molar-refractivity contribution in [3.63, 3.8) is 0 Å². The van der Waals surface area contributed by atoms with Gasteiger partial charge in [0, 0.05) is 5.54 Å². The molecule has 0 saturated carbocycles. The lowest BCUT2D eigenvalue weighted by Gasteiger charge is -2.40. The molecule has 0 saturated heterocycles. The number of aryl methyl sites for hydroxylation is 3. The molecule has 1 aliphatic carbocycles. The highest BCUT2D eigenvalue weighted by Gasteiger charge is 2.47. The largest absolute Gasteiger partial charge is 0.159 e. The lowest BCUT2D eigenvalue weighted by Crippen LogP contribution is -2.70.